The van der Waals surface area contributed by atoms with Crippen LogP contribution in [0.3, 0.4) is 0 Å². The Bertz CT molecular complexity index is 1320. The van der Waals surface area contributed by atoms with Gasteiger partial charge in [0.05, 0.1) is 11.1 Å². The summed E-state index contributed by atoms with van der Waals surface area (Å²) in [5, 5.41) is 0.657. The third kappa shape index (κ3) is 3.00. The zero-order valence-electron chi connectivity index (χ0n) is 19.6. The highest BCUT2D eigenvalue weighted by molar-refractivity contribution is 6.20. The number of hydrogen-bond donors (Lipinski definition) is 1. The fraction of sp³-hybridized carbons (Fsp3) is 0.407. The Hall–Kier alpha value is -2.99. The maximum Gasteiger partial charge on any atom is 0.195 e. The summed E-state index contributed by atoms with van der Waals surface area (Å²) in [5.74, 6) is -0.336. The topological polar surface area (TPSA) is 51.7 Å². The number of aromatic amines is 1. The van der Waals surface area contributed by atoms with Crippen molar-refractivity contribution in [3.63, 3.8) is 0 Å². The van der Waals surface area contributed by atoms with Gasteiger partial charge in [-0.3, -0.25) is 14.7 Å². The summed E-state index contributed by atoms with van der Waals surface area (Å²) in [6, 6.07) is 10.2. The monoisotopic (exact) mass is 444 g/mol. The van der Waals surface area contributed by atoms with E-state index in [9.17, 15) is 4.79 Å². The van der Waals surface area contributed by atoms with Gasteiger partial charge in [-0.2, -0.15) is 0 Å². The van der Waals surface area contributed by atoms with Gasteiger partial charge in [-0.15, -0.1) is 0 Å². The molecule has 0 saturated carbocycles. The van der Waals surface area contributed by atoms with E-state index in [1.54, 1.807) is 12.3 Å². The molecule has 170 valence electrons. The summed E-state index contributed by atoms with van der Waals surface area (Å²) >= 11 is 0. The van der Waals surface area contributed by atoms with Gasteiger partial charge in [-0.25, -0.2) is 4.39 Å². The fourth-order valence-corrected chi connectivity index (χ4v) is 5.59. The molecule has 0 radical (unpaired) electrons. The molecule has 1 saturated heterocycles. The number of aliphatic imine (C=N–C) groups is 1. The van der Waals surface area contributed by atoms with E-state index in [2.05, 4.69) is 59.6 Å². The smallest absolute Gasteiger partial charge is 0.195 e. The van der Waals surface area contributed by atoms with Gasteiger partial charge in [0.25, 0.3) is 0 Å². The molecule has 2 aliphatic heterocycles. The molecule has 5 nitrogen and oxygen atoms in total. The number of benzene rings is 2. The lowest BCUT2D eigenvalue weighted by Crippen LogP contribution is -2.49. The highest BCUT2D eigenvalue weighted by Gasteiger charge is 2.41. The number of H-pyrrole nitrogens is 1. The van der Waals surface area contributed by atoms with Gasteiger partial charge in [0.15, 0.2) is 11.6 Å². The van der Waals surface area contributed by atoms with E-state index < -0.39 is 5.41 Å². The van der Waals surface area contributed by atoms with Crippen LogP contribution in [-0.4, -0.2) is 54.1 Å². The molecular weight excluding hydrogens is 415 g/mol. The zero-order chi connectivity index (χ0) is 23.1. The molecule has 6 heteroatoms. The minimum atomic E-state index is -0.448. The first-order valence-electron chi connectivity index (χ1n) is 11.8. The van der Waals surface area contributed by atoms with Crippen LogP contribution in [0, 0.1) is 5.82 Å². The van der Waals surface area contributed by atoms with Crippen molar-refractivity contribution >= 4 is 28.6 Å². The van der Waals surface area contributed by atoms with Gasteiger partial charge in [-0.05, 0) is 37.6 Å². The number of nitrogens with one attached hydrogen (secondary N) is 1. The van der Waals surface area contributed by atoms with Crippen LogP contribution in [0.5, 0.6) is 0 Å². The van der Waals surface area contributed by atoms with Crippen molar-refractivity contribution in [1.29, 1.82) is 0 Å². The molecule has 1 aliphatic carbocycles. The van der Waals surface area contributed by atoms with Gasteiger partial charge >= 0.3 is 0 Å². The molecule has 1 unspecified atom stereocenters. The maximum absolute atomic E-state index is 15.3. The van der Waals surface area contributed by atoms with Crippen LogP contribution in [-0.2, 0) is 5.41 Å². The van der Waals surface area contributed by atoms with Crippen LogP contribution in [0.4, 0.5) is 10.1 Å². The Balaban J connectivity index is 1.42. The molecule has 1 N–H and O–H groups in total. The van der Waals surface area contributed by atoms with E-state index in [-0.39, 0.29) is 17.6 Å². The van der Waals surface area contributed by atoms with Crippen LogP contribution in [0.25, 0.3) is 10.9 Å². The number of carbonyl (C=O) groups is 1. The average molecular weight is 445 g/mol. The molecule has 0 bridgehead atoms. The van der Waals surface area contributed by atoms with Crippen molar-refractivity contribution in [3.8, 4) is 0 Å². The molecule has 1 atom stereocenters. The average Bonchev–Trinajstić information content (AvgIpc) is 3.56. The van der Waals surface area contributed by atoms with Gasteiger partial charge < -0.3 is 9.88 Å². The van der Waals surface area contributed by atoms with Crippen LogP contribution < -0.4 is 4.90 Å². The Labute approximate surface area is 193 Å². The second kappa shape index (κ2) is 7.00. The highest BCUT2D eigenvalue weighted by Crippen LogP contribution is 2.46. The number of hydrogen-bond acceptors (Lipinski definition) is 4. The van der Waals surface area contributed by atoms with E-state index in [0.717, 1.165) is 43.1 Å². The molecule has 0 spiro atoms. The number of fused-ring (bicyclic) bond motifs is 4. The minimum absolute atomic E-state index is 0.0309. The van der Waals surface area contributed by atoms with Crippen molar-refractivity contribution in [3.05, 3.63) is 64.1 Å². The molecule has 33 heavy (non-hydrogen) atoms. The lowest BCUT2D eigenvalue weighted by molar-refractivity contribution is 0.103. The lowest BCUT2D eigenvalue weighted by Gasteiger charge is -2.39. The normalized spacial score (nSPS) is 21.6. The molecule has 3 aliphatic rings. The minimum Gasteiger partial charge on any atom is -0.369 e. The molecule has 3 heterocycles. The van der Waals surface area contributed by atoms with Gasteiger partial charge in [0.1, 0.15) is 6.04 Å². The second-order valence-corrected chi connectivity index (χ2v) is 10.3. The summed E-state index contributed by atoms with van der Waals surface area (Å²) in [7, 11) is 0. The first kappa shape index (κ1) is 20.6. The standard InChI is InChI=1S/C27H29FN4O/c1-15(2)31-9-11-32(12-10-31)16-5-6-17-20(13-16)27(3,4)26-22(25(17)33)19-8-7-18(21-14-29-21)23(28)24(19)30-26/h5-8,13-15,21,30H,9-12H2,1-4H3. The van der Waals surface area contributed by atoms with Crippen LogP contribution in [0.2, 0.25) is 0 Å². The van der Waals surface area contributed by atoms with E-state index >= 15 is 4.39 Å². The predicted octanol–water partition coefficient (Wildman–Crippen LogP) is 4.83. The van der Waals surface area contributed by atoms with Crippen LogP contribution in [0.1, 0.15) is 66.5 Å². The van der Waals surface area contributed by atoms with Crippen molar-refractivity contribution in [2.45, 2.75) is 45.2 Å². The Morgan fingerprint density at radius 3 is 2.52 bits per heavy atom. The molecular formula is C27H29FN4O. The molecule has 1 aromatic heterocycles. The van der Waals surface area contributed by atoms with Gasteiger partial charge in [-0.1, -0.05) is 26.0 Å². The van der Waals surface area contributed by atoms with Gasteiger partial charge in [0.2, 0.25) is 0 Å². The SMILES string of the molecule is CC(C)N1CCN(c2ccc3c(c2)C(C)(C)c2[nH]c4c(F)c(C5C=N5)ccc4c2C3=O)CC1. The van der Waals surface area contributed by atoms with Crippen molar-refractivity contribution in [1.82, 2.24) is 9.88 Å². The molecule has 3 aromatic rings. The Morgan fingerprint density at radius 2 is 1.85 bits per heavy atom. The van der Waals surface area contributed by atoms with Crippen molar-refractivity contribution in [2.75, 3.05) is 31.1 Å². The first-order chi connectivity index (χ1) is 15.8. The Kier molecular flexibility index (Phi) is 4.37. The number of rotatable bonds is 3. The number of halogens is 1. The number of carbonyl (C=O) groups excluding carboxylic acids is 1. The number of anilines is 1. The number of ketones is 1. The van der Waals surface area contributed by atoms with Crippen molar-refractivity contribution < 1.29 is 9.18 Å². The predicted molar refractivity (Wildman–Crippen MR) is 130 cm³/mol. The van der Waals surface area contributed by atoms with E-state index in [1.807, 2.05) is 12.1 Å². The third-order valence-corrected chi connectivity index (χ3v) is 7.74. The van der Waals surface area contributed by atoms with Crippen LogP contribution in [0.15, 0.2) is 35.3 Å². The third-order valence-electron chi connectivity index (χ3n) is 7.74. The highest BCUT2D eigenvalue weighted by atomic mass is 19.1. The number of aromatic nitrogens is 1. The molecule has 6 rings (SSSR count). The molecule has 2 aromatic carbocycles. The summed E-state index contributed by atoms with van der Waals surface area (Å²) in [4.78, 5) is 26.0. The summed E-state index contributed by atoms with van der Waals surface area (Å²) < 4.78 is 15.3. The summed E-state index contributed by atoms with van der Waals surface area (Å²) in [6.07, 6.45) is 1.74. The summed E-state index contributed by atoms with van der Waals surface area (Å²) in [5.41, 5.74) is 4.79. The van der Waals surface area contributed by atoms with Crippen LogP contribution >= 0.6 is 0 Å². The number of piperazine rings is 1. The van der Waals surface area contributed by atoms with E-state index in [4.69, 9.17) is 0 Å². The maximum atomic E-state index is 15.3. The summed E-state index contributed by atoms with van der Waals surface area (Å²) in [6.45, 7) is 12.7. The molecule has 1 fully saturated rings. The van der Waals surface area contributed by atoms with Gasteiger partial charge in [0, 0.05) is 71.7 Å². The van der Waals surface area contributed by atoms with E-state index in [1.165, 1.54) is 0 Å². The number of nitrogens with zero attached hydrogens (tertiary/aromatic N) is 3. The quantitative estimate of drug-likeness (QED) is 0.629. The van der Waals surface area contributed by atoms with Crippen molar-refractivity contribution in [2.24, 2.45) is 4.99 Å². The zero-order valence-corrected chi connectivity index (χ0v) is 19.6. The van der Waals surface area contributed by atoms with E-state index in [0.29, 0.717) is 33.6 Å². The second-order valence-electron chi connectivity index (χ2n) is 10.3. The lowest BCUT2D eigenvalue weighted by atomic mass is 9.71. The molecule has 0 amide bonds. The fourth-order valence-electron chi connectivity index (χ4n) is 5.59. The Morgan fingerprint density at radius 1 is 1.12 bits per heavy atom. The first-order valence-corrected chi connectivity index (χ1v) is 11.8. The largest absolute Gasteiger partial charge is 0.369 e.